The first-order chi connectivity index (χ1) is 17.0. The second-order valence-corrected chi connectivity index (χ2v) is 7.46. The maximum Gasteiger partial charge on any atom is 0.267 e. The zero-order valence-electron chi connectivity index (χ0n) is 19.8. The highest BCUT2D eigenvalue weighted by atomic mass is 35.5. The predicted octanol–water partition coefficient (Wildman–Crippen LogP) is 3.57. The van der Waals surface area contributed by atoms with E-state index in [2.05, 4.69) is 9.97 Å². The standard InChI is InChI=1S/C25H29N5O5.ClH/c1-2-21-23(24(26)29-25(27)28-21)34-13-5-12-33-19-8-4-7-18(15-19)16-35-20-9-3-6-17(14-20)10-11-22(31)30-32;/h3-4,6-11,14-15,32H,2,5,12-13,16H2,1H3,(H,30,31)(H4,26,27,28,29);1H/b11-10+;. The highest BCUT2D eigenvalue weighted by molar-refractivity contribution is 5.90. The van der Waals surface area contributed by atoms with Gasteiger partial charge in [-0.15, -0.1) is 12.4 Å². The molecular weight excluding hydrogens is 486 g/mol. The zero-order valence-corrected chi connectivity index (χ0v) is 20.7. The van der Waals surface area contributed by atoms with Crippen molar-refractivity contribution in [2.45, 2.75) is 26.4 Å². The lowest BCUT2D eigenvalue weighted by atomic mass is 10.2. The number of rotatable bonds is 12. The molecule has 0 spiro atoms. The number of nitrogens with one attached hydrogen (secondary N) is 1. The molecule has 0 aliphatic rings. The summed E-state index contributed by atoms with van der Waals surface area (Å²) in [5.41, 5.74) is 15.5. The van der Waals surface area contributed by atoms with Gasteiger partial charge in [0.15, 0.2) is 11.6 Å². The second kappa shape index (κ2) is 14.4. The minimum absolute atomic E-state index is 0. The number of carbonyl (C=O) groups excluding carboxylic acids is 1. The fourth-order valence-electron chi connectivity index (χ4n) is 3.17. The molecule has 11 heteroatoms. The van der Waals surface area contributed by atoms with E-state index in [0.717, 1.165) is 16.9 Å². The molecule has 0 bridgehead atoms. The van der Waals surface area contributed by atoms with Gasteiger partial charge in [-0.05, 0) is 47.9 Å². The molecule has 3 aromatic rings. The monoisotopic (exact) mass is 515 g/mol. The summed E-state index contributed by atoms with van der Waals surface area (Å²) in [6.45, 7) is 3.15. The number of carbonyl (C=O) groups is 1. The molecule has 0 aliphatic heterocycles. The van der Waals surface area contributed by atoms with Crippen molar-refractivity contribution in [2.75, 3.05) is 24.7 Å². The van der Waals surface area contributed by atoms with E-state index in [1.165, 1.54) is 6.08 Å². The van der Waals surface area contributed by atoms with Gasteiger partial charge in [0.25, 0.3) is 5.91 Å². The van der Waals surface area contributed by atoms with Crippen LogP contribution in [0.3, 0.4) is 0 Å². The lowest BCUT2D eigenvalue weighted by molar-refractivity contribution is -0.124. The predicted molar refractivity (Wildman–Crippen MR) is 139 cm³/mol. The number of aryl methyl sites for hydroxylation is 1. The Morgan fingerprint density at radius 2 is 1.75 bits per heavy atom. The smallest absolute Gasteiger partial charge is 0.267 e. The molecule has 0 fully saturated rings. The molecule has 10 nitrogen and oxygen atoms in total. The van der Waals surface area contributed by atoms with E-state index in [1.54, 1.807) is 17.6 Å². The molecular formula is C25H30ClN5O5. The molecule has 0 radical (unpaired) electrons. The van der Waals surface area contributed by atoms with Gasteiger partial charge in [-0.2, -0.15) is 4.98 Å². The van der Waals surface area contributed by atoms with Crippen LogP contribution in [0.25, 0.3) is 6.08 Å². The first-order valence-electron chi connectivity index (χ1n) is 11.1. The fourth-order valence-corrected chi connectivity index (χ4v) is 3.17. The number of hydrogen-bond donors (Lipinski definition) is 4. The van der Waals surface area contributed by atoms with E-state index >= 15 is 0 Å². The first kappa shape index (κ1) is 28.2. The maximum absolute atomic E-state index is 11.1. The maximum atomic E-state index is 11.1. The van der Waals surface area contributed by atoms with Gasteiger partial charge in [-0.3, -0.25) is 10.0 Å². The summed E-state index contributed by atoms with van der Waals surface area (Å²) in [5, 5.41) is 8.56. The topological polar surface area (TPSA) is 155 Å². The van der Waals surface area contributed by atoms with Crippen LogP contribution in [0.4, 0.5) is 11.8 Å². The summed E-state index contributed by atoms with van der Waals surface area (Å²) >= 11 is 0. The first-order valence-corrected chi connectivity index (χ1v) is 11.1. The minimum atomic E-state index is -0.603. The number of nitrogen functional groups attached to an aromatic ring is 2. The summed E-state index contributed by atoms with van der Waals surface area (Å²) in [7, 11) is 0. The van der Waals surface area contributed by atoms with E-state index in [4.69, 9.17) is 30.9 Å². The zero-order chi connectivity index (χ0) is 25.0. The van der Waals surface area contributed by atoms with Crippen LogP contribution < -0.4 is 31.2 Å². The number of hydrogen-bond acceptors (Lipinski definition) is 9. The summed E-state index contributed by atoms with van der Waals surface area (Å²) < 4.78 is 17.5. The molecule has 0 saturated heterocycles. The average Bonchev–Trinajstić information content (AvgIpc) is 2.87. The van der Waals surface area contributed by atoms with Crippen molar-refractivity contribution in [3.8, 4) is 17.2 Å². The van der Waals surface area contributed by atoms with Gasteiger partial charge in [0, 0.05) is 12.5 Å². The Bertz CT molecular complexity index is 1180. The number of nitrogens with zero attached hydrogens (tertiary/aromatic N) is 2. The lowest BCUT2D eigenvalue weighted by Crippen LogP contribution is -2.14. The van der Waals surface area contributed by atoms with Crippen molar-refractivity contribution in [3.05, 3.63) is 71.4 Å². The van der Waals surface area contributed by atoms with Gasteiger partial charge in [-0.1, -0.05) is 31.2 Å². The normalized spacial score (nSPS) is 10.5. The fraction of sp³-hybridized carbons (Fsp3) is 0.240. The summed E-state index contributed by atoms with van der Waals surface area (Å²) in [4.78, 5) is 19.2. The number of amides is 1. The Labute approximate surface area is 215 Å². The second-order valence-electron chi connectivity index (χ2n) is 7.46. The van der Waals surface area contributed by atoms with Crippen LogP contribution in [0, 0.1) is 0 Å². The third-order valence-corrected chi connectivity index (χ3v) is 4.82. The number of halogens is 1. The van der Waals surface area contributed by atoms with Gasteiger partial charge in [-0.25, -0.2) is 10.5 Å². The molecule has 1 heterocycles. The van der Waals surface area contributed by atoms with E-state index < -0.39 is 5.91 Å². The highest BCUT2D eigenvalue weighted by Gasteiger charge is 2.11. The number of aromatic nitrogens is 2. The molecule has 0 aliphatic carbocycles. The van der Waals surface area contributed by atoms with Gasteiger partial charge in [0.2, 0.25) is 5.95 Å². The Morgan fingerprint density at radius 3 is 2.50 bits per heavy atom. The highest BCUT2D eigenvalue weighted by Crippen LogP contribution is 2.25. The number of nitrogens with two attached hydrogens (primary N) is 2. The minimum Gasteiger partial charge on any atom is -0.493 e. The number of hydroxylamine groups is 1. The van der Waals surface area contributed by atoms with Crippen LogP contribution >= 0.6 is 12.4 Å². The Morgan fingerprint density at radius 1 is 1.03 bits per heavy atom. The quantitative estimate of drug-likeness (QED) is 0.122. The van der Waals surface area contributed by atoms with Crippen molar-refractivity contribution < 1.29 is 24.2 Å². The average molecular weight is 516 g/mol. The molecule has 1 aromatic heterocycles. The summed E-state index contributed by atoms with van der Waals surface area (Å²) in [6, 6.07) is 14.9. The van der Waals surface area contributed by atoms with Crippen molar-refractivity contribution in [1.29, 1.82) is 0 Å². The number of benzene rings is 2. The molecule has 0 saturated carbocycles. The van der Waals surface area contributed by atoms with Crippen molar-refractivity contribution >= 4 is 36.2 Å². The van der Waals surface area contributed by atoms with Crippen molar-refractivity contribution in [1.82, 2.24) is 15.4 Å². The van der Waals surface area contributed by atoms with Crippen LogP contribution in [0.5, 0.6) is 17.2 Å². The Balaban J connectivity index is 0.00000456. The van der Waals surface area contributed by atoms with E-state index in [0.29, 0.717) is 49.9 Å². The summed E-state index contributed by atoms with van der Waals surface area (Å²) in [6.07, 6.45) is 4.09. The largest absolute Gasteiger partial charge is 0.493 e. The molecule has 2 aromatic carbocycles. The Kier molecular flexibility index (Phi) is 11.3. The molecule has 36 heavy (non-hydrogen) atoms. The molecule has 3 rings (SSSR count). The molecule has 6 N–H and O–H groups in total. The van der Waals surface area contributed by atoms with Crippen LogP contribution in [0.15, 0.2) is 54.6 Å². The van der Waals surface area contributed by atoms with Gasteiger partial charge < -0.3 is 25.7 Å². The number of anilines is 2. The van der Waals surface area contributed by atoms with E-state index in [-0.39, 0.29) is 24.2 Å². The molecule has 0 atom stereocenters. The molecule has 192 valence electrons. The third kappa shape index (κ3) is 8.64. The van der Waals surface area contributed by atoms with E-state index in [9.17, 15) is 4.79 Å². The van der Waals surface area contributed by atoms with Crippen LogP contribution in [0.2, 0.25) is 0 Å². The van der Waals surface area contributed by atoms with Crippen LogP contribution in [-0.4, -0.2) is 34.3 Å². The van der Waals surface area contributed by atoms with Crippen LogP contribution in [0.1, 0.15) is 30.2 Å². The van der Waals surface area contributed by atoms with E-state index in [1.807, 2.05) is 49.4 Å². The summed E-state index contributed by atoms with van der Waals surface area (Å²) in [5.74, 6) is 1.61. The van der Waals surface area contributed by atoms with Gasteiger partial charge in [0.05, 0.1) is 18.9 Å². The number of ether oxygens (including phenoxy) is 3. The van der Waals surface area contributed by atoms with Crippen molar-refractivity contribution in [3.63, 3.8) is 0 Å². The van der Waals surface area contributed by atoms with Crippen LogP contribution in [-0.2, 0) is 17.8 Å². The van der Waals surface area contributed by atoms with Crippen molar-refractivity contribution in [2.24, 2.45) is 0 Å². The van der Waals surface area contributed by atoms with Gasteiger partial charge >= 0.3 is 0 Å². The molecule has 1 amide bonds. The molecule has 0 unspecified atom stereocenters. The SMILES string of the molecule is CCc1nc(N)nc(N)c1OCCCOc1cccc(COc2cccc(/C=C/C(=O)NO)c2)c1.Cl. The lowest BCUT2D eigenvalue weighted by Gasteiger charge is -2.13. The van der Waals surface area contributed by atoms with Gasteiger partial charge in [0.1, 0.15) is 18.1 Å². The third-order valence-electron chi connectivity index (χ3n) is 4.82. The Hall–Kier alpha value is -4.02.